The monoisotopic (exact) mass is 420 g/mol. The van der Waals surface area contributed by atoms with Crippen LogP contribution in [0.3, 0.4) is 0 Å². The average Bonchev–Trinajstić information content (AvgIpc) is 3.46. The van der Waals surface area contributed by atoms with E-state index in [1.807, 2.05) is 12.1 Å². The van der Waals surface area contributed by atoms with E-state index in [2.05, 4.69) is 40.5 Å². The quantitative estimate of drug-likeness (QED) is 0.715. The van der Waals surface area contributed by atoms with Crippen LogP contribution in [-0.2, 0) is 11.2 Å². The number of hydrogen-bond acceptors (Lipinski definition) is 4. The average molecular weight is 421 g/mol. The number of aromatic carboxylic acids is 1. The maximum atomic E-state index is 11.0. The molecule has 5 nitrogen and oxygen atoms in total. The maximum absolute atomic E-state index is 11.0. The Bertz CT molecular complexity index is 891. The van der Waals surface area contributed by atoms with Gasteiger partial charge in [0.15, 0.2) is 0 Å². The Labute approximate surface area is 184 Å². The second kappa shape index (κ2) is 8.73. The van der Waals surface area contributed by atoms with Crippen molar-refractivity contribution >= 4 is 5.97 Å². The molecule has 2 aliphatic heterocycles. The van der Waals surface area contributed by atoms with Crippen LogP contribution in [0.25, 0.3) is 0 Å². The summed E-state index contributed by atoms with van der Waals surface area (Å²) in [4.78, 5) is 13.5. The summed E-state index contributed by atoms with van der Waals surface area (Å²) in [6.07, 6.45) is 5.55. The molecule has 0 amide bonds. The Hall–Kier alpha value is -2.21. The lowest BCUT2D eigenvalue weighted by Crippen LogP contribution is -2.45. The first kappa shape index (κ1) is 20.7. The third kappa shape index (κ3) is 4.84. The normalized spacial score (nSPS) is 27.4. The van der Waals surface area contributed by atoms with Gasteiger partial charge in [0.1, 0.15) is 0 Å². The van der Waals surface area contributed by atoms with Crippen LogP contribution in [-0.4, -0.2) is 59.9 Å². The van der Waals surface area contributed by atoms with Crippen LogP contribution in [0.1, 0.15) is 53.1 Å². The highest BCUT2D eigenvalue weighted by molar-refractivity contribution is 5.87. The Balaban J connectivity index is 1.05. The standard InChI is InChI=1S/C26H32N2O3/c29-25(30)21-8-6-19(7-9-21)10-13-28-14-11-26(12-15-28)17-22(18-31-26)27-24-16-23(24)20-4-2-1-3-5-20/h1-9,22-24,27H,10-18H2,(H,29,30)/t22?,23-,24+/m0/s1. The molecule has 2 aromatic rings. The van der Waals surface area contributed by atoms with E-state index in [1.54, 1.807) is 12.1 Å². The van der Waals surface area contributed by atoms with E-state index in [0.29, 0.717) is 23.6 Å². The van der Waals surface area contributed by atoms with Crippen molar-refractivity contribution in [1.82, 2.24) is 10.2 Å². The van der Waals surface area contributed by atoms with E-state index in [9.17, 15) is 4.79 Å². The molecule has 1 spiro atoms. The number of ether oxygens (including phenoxy) is 1. The molecule has 2 aromatic carbocycles. The predicted molar refractivity (Wildman–Crippen MR) is 121 cm³/mol. The third-order valence-corrected chi connectivity index (χ3v) is 7.36. The summed E-state index contributed by atoms with van der Waals surface area (Å²) in [6.45, 7) is 4.02. The molecule has 1 aliphatic carbocycles. The largest absolute Gasteiger partial charge is 0.478 e. The van der Waals surface area contributed by atoms with Gasteiger partial charge in [-0.15, -0.1) is 0 Å². The summed E-state index contributed by atoms with van der Waals surface area (Å²) in [5.41, 5.74) is 3.07. The van der Waals surface area contributed by atoms with Crippen LogP contribution in [0.2, 0.25) is 0 Å². The Morgan fingerprint density at radius 3 is 2.55 bits per heavy atom. The number of nitrogens with zero attached hydrogens (tertiary/aromatic N) is 1. The Morgan fingerprint density at radius 2 is 1.84 bits per heavy atom. The molecule has 31 heavy (non-hydrogen) atoms. The molecular weight excluding hydrogens is 388 g/mol. The van der Waals surface area contributed by atoms with Gasteiger partial charge in [0.05, 0.1) is 17.8 Å². The number of carboxylic acid groups (broad SMARTS) is 1. The second-order valence-electron chi connectivity index (χ2n) is 9.51. The fourth-order valence-electron chi connectivity index (χ4n) is 5.34. The number of hydrogen-bond donors (Lipinski definition) is 2. The van der Waals surface area contributed by atoms with Gasteiger partial charge in [-0.2, -0.15) is 0 Å². The van der Waals surface area contributed by atoms with Gasteiger partial charge in [0, 0.05) is 37.6 Å². The highest BCUT2D eigenvalue weighted by Gasteiger charge is 2.46. The minimum atomic E-state index is -0.866. The topological polar surface area (TPSA) is 61.8 Å². The van der Waals surface area contributed by atoms with E-state index >= 15 is 0 Å². The molecule has 5 heteroatoms. The van der Waals surface area contributed by atoms with Crippen molar-refractivity contribution in [2.24, 2.45) is 0 Å². The summed E-state index contributed by atoms with van der Waals surface area (Å²) in [5, 5.41) is 12.9. The molecule has 2 saturated heterocycles. The molecule has 3 fully saturated rings. The Kier molecular flexibility index (Phi) is 5.83. The fourth-order valence-corrected chi connectivity index (χ4v) is 5.34. The van der Waals surface area contributed by atoms with Crippen LogP contribution >= 0.6 is 0 Å². The molecule has 3 aliphatic rings. The maximum Gasteiger partial charge on any atom is 0.335 e. The SMILES string of the molecule is O=C(O)c1ccc(CCN2CCC3(CC2)CC(N[C@@H]2C[C@H]2c2ccccc2)CO3)cc1. The fraction of sp³-hybridized carbons (Fsp3) is 0.500. The summed E-state index contributed by atoms with van der Waals surface area (Å²) < 4.78 is 6.37. The molecular formula is C26H32N2O3. The van der Waals surface area contributed by atoms with Crippen LogP contribution in [0, 0.1) is 0 Å². The van der Waals surface area contributed by atoms with Crippen molar-refractivity contribution in [3.63, 3.8) is 0 Å². The van der Waals surface area contributed by atoms with Crippen molar-refractivity contribution in [2.45, 2.75) is 55.7 Å². The van der Waals surface area contributed by atoms with Crippen LogP contribution in [0.5, 0.6) is 0 Å². The minimum Gasteiger partial charge on any atom is -0.478 e. The van der Waals surface area contributed by atoms with Crippen molar-refractivity contribution in [3.8, 4) is 0 Å². The molecule has 3 atom stereocenters. The van der Waals surface area contributed by atoms with Crippen molar-refractivity contribution in [2.75, 3.05) is 26.2 Å². The van der Waals surface area contributed by atoms with E-state index in [-0.39, 0.29) is 5.60 Å². The molecule has 2 N–H and O–H groups in total. The van der Waals surface area contributed by atoms with Gasteiger partial charge >= 0.3 is 5.97 Å². The summed E-state index contributed by atoms with van der Waals surface area (Å²) in [5.74, 6) is -0.196. The predicted octanol–water partition coefficient (Wildman–Crippen LogP) is 3.70. The van der Waals surface area contributed by atoms with E-state index in [0.717, 1.165) is 51.9 Å². The molecule has 0 bridgehead atoms. The van der Waals surface area contributed by atoms with E-state index < -0.39 is 5.97 Å². The molecule has 0 radical (unpaired) electrons. The van der Waals surface area contributed by atoms with Gasteiger partial charge in [-0.05, 0) is 55.4 Å². The molecule has 1 unspecified atom stereocenters. The second-order valence-corrected chi connectivity index (χ2v) is 9.51. The highest BCUT2D eigenvalue weighted by Crippen LogP contribution is 2.43. The molecule has 2 heterocycles. The smallest absolute Gasteiger partial charge is 0.335 e. The van der Waals surface area contributed by atoms with Crippen LogP contribution in [0.15, 0.2) is 54.6 Å². The zero-order chi connectivity index (χ0) is 21.3. The molecule has 164 valence electrons. The molecule has 0 aromatic heterocycles. The van der Waals surface area contributed by atoms with Gasteiger partial charge in [-0.25, -0.2) is 4.79 Å². The van der Waals surface area contributed by atoms with Gasteiger partial charge in [-0.1, -0.05) is 42.5 Å². The van der Waals surface area contributed by atoms with Gasteiger partial charge in [0.2, 0.25) is 0 Å². The van der Waals surface area contributed by atoms with Crippen molar-refractivity contribution < 1.29 is 14.6 Å². The Morgan fingerprint density at radius 1 is 1.10 bits per heavy atom. The number of carboxylic acids is 1. The van der Waals surface area contributed by atoms with Crippen LogP contribution in [0.4, 0.5) is 0 Å². The zero-order valence-electron chi connectivity index (χ0n) is 18.0. The van der Waals surface area contributed by atoms with Gasteiger partial charge in [-0.3, -0.25) is 0 Å². The lowest BCUT2D eigenvalue weighted by atomic mass is 9.87. The van der Waals surface area contributed by atoms with E-state index in [1.165, 1.54) is 17.5 Å². The molecule has 1 saturated carbocycles. The first-order valence-electron chi connectivity index (χ1n) is 11.6. The minimum absolute atomic E-state index is 0.0639. The third-order valence-electron chi connectivity index (χ3n) is 7.36. The van der Waals surface area contributed by atoms with Crippen molar-refractivity contribution in [1.29, 1.82) is 0 Å². The number of likely N-dealkylation sites (tertiary alicyclic amines) is 1. The number of piperidine rings is 1. The lowest BCUT2D eigenvalue weighted by molar-refractivity contribution is -0.0432. The first-order chi connectivity index (χ1) is 15.1. The number of benzene rings is 2. The summed E-state index contributed by atoms with van der Waals surface area (Å²) in [6, 6.07) is 19.2. The first-order valence-corrected chi connectivity index (χ1v) is 11.6. The van der Waals surface area contributed by atoms with Gasteiger partial charge < -0.3 is 20.1 Å². The van der Waals surface area contributed by atoms with Crippen LogP contribution < -0.4 is 5.32 Å². The lowest BCUT2D eigenvalue weighted by Gasteiger charge is -2.38. The summed E-state index contributed by atoms with van der Waals surface area (Å²) in [7, 11) is 0. The number of rotatable bonds is 7. The highest BCUT2D eigenvalue weighted by atomic mass is 16.5. The van der Waals surface area contributed by atoms with Crippen molar-refractivity contribution in [3.05, 3.63) is 71.3 Å². The van der Waals surface area contributed by atoms with E-state index in [4.69, 9.17) is 9.84 Å². The summed E-state index contributed by atoms with van der Waals surface area (Å²) >= 11 is 0. The van der Waals surface area contributed by atoms with Gasteiger partial charge in [0.25, 0.3) is 0 Å². The number of carbonyl (C=O) groups is 1. The molecule has 5 rings (SSSR count). The number of nitrogens with one attached hydrogen (secondary N) is 1. The zero-order valence-corrected chi connectivity index (χ0v) is 18.0.